The average molecular weight is 332 g/mol. The summed E-state index contributed by atoms with van der Waals surface area (Å²) in [6, 6.07) is 9.97. The SMILES string of the molecule is C=Nc1c(NC)nc(-c2ccncc2)nc1Nc1cc(C)ccc1C. The smallest absolute Gasteiger partial charge is 0.164 e. The molecule has 6 nitrogen and oxygen atoms in total. The van der Waals surface area contributed by atoms with Crippen LogP contribution in [0.4, 0.5) is 23.0 Å². The largest absolute Gasteiger partial charge is 0.371 e. The Hall–Kier alpha value is -3.28. The van der Waals surface area contributed by atoms with Gasteiger partial charge in [-0.1, -0.05) is 12.1 Å². The summed E-state index contributed by atoms with van der Waals surface area (Å²) in [6.07, 6.45) is 3.43. The van der Waals surface area contributed by atoms with Gasteiger partial charge in [-0.25, -0.2) is 9.97 Å². The van der Waals surface area contributed by atoms with Crippen LogP contribution in [0.2, 0.25) is 0 Å². The summed E-state index contributed by atoms with van der Waals surface area (Å²) in [5.41, 5.74) is 4.73. The van der Waals surface area contributed by atoms with Crippen molar-refractivity contribution in [3.63, 3.8) is 0 Å². The van der Waals surface area contributed by atoms with Gasteiger partial charge in [0.05, 0.1) is 0 Å². The Labute approximate surface area is 147 Å². The van der Waals surface area contributed by atoms with E-state index in [9.17, 15) is 0 Å². The van der Waals surface area contributed by atoms with E-state index in [1.54, 1.807) is 19.4 Å². The summed E-state index contributed by atoms with van der Waals surface area (Å²) in [5, 5.41) is 6.45. The molecule has 0 unspecified atom stereocenters. The standard InChI is InChI=1S/C19H20N6/c1-12-5-6-13(2)15(11-12)23-19-16(20-3)18(21-4)24-17(25-19)14-7-9-22-10-8-14/h5-11H,3H2,1-2,4H3,(H2,21,23,24,25). The molecule has 0 saturated carbocycles. The van der Waals surface area contributed by atoms with Crippen molar-refractivity contribution < 1.29 is 0 Å². The fraction of sp³-hybridized carbons (Fsp3) is 0.158. The van der Waals surface area contributed by atoms with E-state index in [1.807, 2.05) is 19.1 Å². The zero-order chi connectivity index (χ0) is 17.8. The zero-order valence-corrected chi connectivity index (χ0v) is 14.5. The Bertz CT molecular complexity index is 905. The first-order valence-electron chi connectivity index (χ1n) is 7.93. The number of hydrogen-bond donors (Lipinski definition) is 2. The van der Waals surface area contributed by atoms with Crippen molar-refractivity contribution in [3.05, 3.63) is 53.9 Å². The lowest BCUT2D eigenvalue weighted by Crippen LogP contribution is -2.03. The van der Waals surface area contributed by atoms with Gasteiger partial charge in [0.1, 0.15) is 5.69 Å². The maximum Gasteiger partial charge on any atom is 0.164 e. The number of nitrogens with zero attached hydrogens (tertiary/aromatic N) is 4. The van der Waals surface area contributed by atoms with Crippen LogP contribution in [0, 0.1) is 13.8 Å². The fourth-order valence-corrected chi connectivity index (χ4v) is 2.49. The van der Waals surface area contributed by atoms with Crippen LogP contribution in [-0.4, -0.2) is 28.7 Å². The number of aliphatic imine (C=N–C) groups is 1. The minimum absolute atomic E-state index is 0.584. The Morgan fingerprint density at radius 3 is 2.40 bits per heavy atom. The molecule has 0 aliphatic carbocycles. The van der Waals surface area contributed by atoms with Gasteiger partial charge in [0.15, 0.2) is 17.5 Å². The molecule has 0 saturated heterocycles. The molecule has 0 atom stereocenters. The second-order valence-corrected chi connectivity index (χ2v) is 5.68. The van der Waals surface area contributed by atoms with E-state index < -0.39 is 0 Å². The monoisotopic (exact) mass is 332 g/mol. The highest BCUT2D eigenvalue weighted by Crippen LogP contribution is 2.35. The molecule has 0 bridgehead atoms. The van der Waals surface area contributed by atoms with Gasteiger partial charge in [0, 0.05) is 30.7 Å². The molecule has 0 amide bonds. The van der Waals surface area contributed by atoms with Crippen molar-refractivity contribution in [2.75, 3.05) is 17.7 Å². The van der Waals surface area contributed by atoms with Crippen molar-refractivity contribution in [1.82, 2.24) is 15.0 Å². The van der Waals surface area contributed by atoms with E-state index in [2.05, 4.69) is 62.4 Å². The van der Waals surface area contributed by atoms with E-state index in [4.69, 9.17) is 0 Å². The highest BCUT2D eigenvalue weighted by atomic mass is 15.1. The molecule has 1 aromatic carbocycles. The molecule has 3 aromatic rings. The summed E-state index contributed by atoms with van der Waals surface area (Å²) in [6.45, 7) is 7.77. The normalized spacial score (nSPS) is 10.4. The third kappa shape index (κ3) is 3.47. The predicted octanol–water partition coefficient (Wildman–Crippen LogP) is 4.27. The number of pyridine rings is 1. The minimum atomic E-state index is 0.584. The van der Waals surface area contributed by atoms with Crippen LogP contribution in [0.15, 0.2) is 47.7 Å². The van der Waals surface area contributed by atoms with Crippen molar-refractivity contribution in [2.45, 2.75) is 13.8 Å². The van der Waals surface area contributed by atoms with Gasteiger partial charge >= 0.3 is 0 Å². The molecule has 0 aliphatic heterocycles. The Morgan fingerprint density at radius 1 is 1.00 bits per heavy atom. The first kappa shape index (κ1) is 16.6. The number of aryl methyl sites for hydroxylation is 2. The summed E-state index contributed by atoms with van der Waals surface area (Å²) in [4.78, 5) is 17.4. The number of hydrogen-bond acceptors (Lipinski definition) is 6. The van der Waals surface area contributed by atoms with Gasteiger partial charge < -0.3 is 10.6 Å². The third-order valence-corrected chi connectivity index (χ3v) is 3.86. The summed E-state index contributed by atoms with van der Waals surface area (Å²) < 4.78 is 0. The number of benzene rings is 1. The molecule has 0 aliphatic rings. The lowest BCUT2D eigenvalue weighted by molar-refractivity contribution is 1.15. The number of rotatable bonds is 5. The zero-order valence-electron chi connectivity index (χ0n) is 14.5. The van der Waals surface area contributed by atoms with Gasteiger partial charge in [-0.3, -0.25) is 9.98 Å². The average Bonchev–Trinajstić information content (AvgIpc) is 2.64. The van der Waals surface area contributed by atoms with Crippen molar-refractivity contribution in [1.29, 1.82) is 0 Å². The second kappa shape index (κ2) is 7.09. The lowest BCUT2D eigenvalue weighted by Gasteiger charge is -2.15. The van der Waals surface area contributed by atoms with Gasteiger partial charge in [-0.05, 0) is 49.9 Å². The molecule has 25 heavy (non-hydrogen) atoms. The third-order valence-electron chi connectivity index (χ3n) is 3.86. The summed E-state index contributed by atoms with van der Waals surface area (Å²) >= 11 is 0. The van der Waals surface area contributed by atoms with E-state index in [0.29, 0.717) is 23.1 Å². The van der Waals surface area contributed by atoms with E-state index in [0.717, 1.165) is 16.8 Å². The molecule has 3 rings (SSSR count). The number of aromatic nitrogens is 3. The van der Waals surface area contributed by atoms with Crippen LogP contribution in [0.5, 0.6) is 0 Å². The molecule has 126 valence electrons. The lowest BCUT2D eigenvalue weighted by atomic mass is 10.1. The molecular formula is C19H20N6. The Balaban J connectivity index is 2.13. The Morgan fingerprint density at radius 2 is 1.72 bits per heavy atom. The number of nitrogens with one attached hydrogen (secondary N) is 2. The Kier molecular flexibility index (Phi) is 4.70. The predicted molar refractivity (Wildman–Crippen MR) is 103 cm³/mol. The van der Waals surface area contributed by atoms with Gasteiger partial charge in [-0.2, -0.15) is 0 Å². The maximum absolute atomic E-state index is 4.66. The first-order chi connectivity index (χ1) is 12.1. The van der Waals surface area contributed by atoms with E-state index in [1.165, 1.54) is 5.56 Å². The van der Waals surface area contributed by atoms with Crippen LogP contribution < -0.4 is 10.6 Å². The van der Waals surface area contributed by atoms with E-state index in [-0.39, 0.29) is 0 Å². The van der Waals surface area contributed by atoms with Crippen LogP contribution in [-0.2, 0) is 0 Å². The van der Waals surface area contributed by atoms with Crippen LogP contribution >= 0.6 is 0 Å². The summed E-state index contributed by atoms with van der Waals surface area (Å²) in [5.74, 6) is 1.81. The van der Waals surface area contributed by atoms with Gasteiger partial charge in [0.2, 0.25) is 0 Å². The molecule has 2 N–H and O–H groups in total. The molecule has 6 heteroatoms. The van der Waals surface area contributed by atoms with Crippen molar-refractivity contribution in [2.24, 2.45) is 4.99 Å². The van der Waals surface area contributed by atoms with Gasteiger partial charge in [-0.15, -0.1) is 0 Å². The topological polar surface area (TPSA) is 75.1 Å². The highest BCUT2D eigenvalue weighted by Gasteiger charge is 2.15. The van der Waals surface area contributed by atoms with Crippen LogP contribution in [0.1, 0.15) is 11.1 Å². The number of anilines is 3. The maximum atomic E-state index is 4.66. The van der Waals surface area contributed by atoms with Crippen LogP contribution in [0.3, 0.4) is 0 Å². The molecule has 0 radical (unpaired) electrons. The van der Waals surface area contributed by atoms with E-state index >= 15 is 0 Å². The quantitative estimate of drug-likeness (QED) is 0.682. The molecule has 0 spiro atoms. The molecule has 2 aromatic heterocycles. The molecular weight excluding hydrogens is 312 g/mol. The minimum Gasteiger partial charge on any atom is -0.371 e. The first-order valence-corrected chi connectivity index (χ1v) is 7.93. The van der Waals surface area contributed by atoms with Crippen molar-refractivity contribution in [3.8, 4) is 11.4 Å². The second-order valence-electron chi connectivity index (χ2n) is 5.68. The van der Waals surface area contributed by atoms with Crippen molar-refractivity contribution >= 4 is 29.7 Å². The molecule has 2 heterocycles. The summed E-state index contributed by atoms with van der Waals surface area (Å²) in [7, 11) is 1.80. The molecule has 0 fully saturated rings. The van der Waals surface area contributed by atoms with Crippen LogP contribution in [0.25, 0.3) is 11.4 Å². The fourth-order valence-electron chi connectivity index (χ4n) is 2.49. The highest BCUT2D eigenvalue weighted by molar-refractivity contribution is 5.81. The van der Waals surface area contributed by atoms with Gasteiger partial charge in [0.25, 0.3) is 0 Å².